The van der Waals surface area contributed by atoms with Gasteiger partial charge in [-0.3, -0.25) is 0 Å². The molecule has 0 aliphatic heterocycles. The second-order valence-corrected chi connectivity index (χ2v) is 6.92. The van der Waals surface area contributed by atoms with Gasteiger partial charge in [0.15, 0.2) is 0 Å². The van der Waals surface area contributed by atoms with E-state index in [4.69, 9.17) is 0 Å². The molecule has 0 bridgehead atoms. The van der Waals surface area contributed by atoms with Crippen molar-refractivity contribution in [1.29, 1.82) is 0 Å². The van der Waals surface area contributed by atoms with Crippen molar-refractivity contribution >= 4 is 0 Å². The van der Waals surface area contributed by atoms with E-state index in [0.717, 1.165) is 5.92 Å². The largest absolute Gasteiger partial charge is 0.0654 e. The van der Waals surface area contributed by atoms with Crippen LogP contribution in [-0.4, -0.2) is 0 Å². The Kier molecular flexibility index (Phi) is 6.67. The molecule has 1 unspecified atom stereocenters. The molecule has 0 spiro atoms. The van der Waals surface area contributed by atoms with Crippen LogP contribution in [0, 0.1) is 16.7 Å². The van der Waals surface area contributed by atoms with E-state index in [0.29, 0.717) is 10.8 Å². The summed E-state index contributed by atoms with van der Waals surface area (Å²) in [6.07, 6.45) is 8.13. The summed E-state index contributed by atoms with van der Waals surface area (Å²) in [5.74, 6) is 0.879. The molecule has 0 rings (SSSR count). The molecular formula is C16H34. The van der Waals surface area contributed by atoms with Crippen molar-refractivity contribution in [2.75, 3.05) is 0 Å². The first-order valence-electron chi connectivity index (χ1n) is 7.29. The fraction of sp³-hybridized carbons (Fsp3) is 1.00. The molecule has 0 aromatic heterocycles. The van der Waals surface area contributed by atoms with E-state index in [1.807, 2.05) is 0 Å². The Morgan fingerprint density at radius 2 is 1.50 bits per heavy atom. The van der Waals surface area contributed by atoms with Crippen LogP contribution in [0.3, 0.4) is 0 Å². The molecule has 0 N–H and O–H groups in total. The van der Waals surface area contributed by atoms with Crippen LogP contribution in [0.2, 0.25) is 0 Å². The SMILES string of the molecule is CCCCC(C)(C)CC(CC)C(C)(C)CC. The minimum Gasteiger partial charge on any atom is -0.0654 e. The standard InChI is InChI=1S/C16H34/c1-8-11-12-15(4,5)13-14(9-2)16(6,7)10-3/h14H,8-13H2,1-7H3. The van der Waals surface area contributed by atoms with Crippen molar-refractivity contribution in [2.24, 2.45) is 16.7 Å². The van der Waals surface area contributed by atoms with Gasteiger partial charge in [-0.25, -0.2) is 0 Å². The Morgan fingerprint density at radius 1 is 0.938 bits per heavy atom. The lowest BCUT2D eigenvalue weighted by Gasteiger charge is -2.38. The zero-order chi connectivity index (χ0) is 12.8. The summed E-state index contributed by atoms with van der Waals surface area (Å²) < 4.78 is 0. The van der Waals surface area contributed by atoms with Crippen LogP contribution in [0.25, 0.3) is 0 Å². The van der Waals surface area contributed by atoms with E-state index in [-0.39, 0.29) is 0 Å². The predicted octanol–water partition coefficient (Wildman–Crippen LogP) is 6.06. The smallest absolute Gasteiger partial charge is 0.0328 e. The third-order valence-electron chi connectivity index (χ3n) is 4.52. The first-order valence-corrected chi connectivity index (χ1v) is 7.29. The maximum Gasteiger partial charge on any atom is -0.0328 e. The first kappa shape index (κ1) is 16.0. The fourth-order valence-corrected chi connectivity index (χ4v) is 2.69. The predicted molar refractivity (Wildman–Crippen MR) is 75.8 cm³/mol. The van der Waals surface area contributed by atoms with Crippen molar-refractivity contribution in [1.82, 2.24) is 0 Å². The molecule has 0 radical (unpaired) electrons. The Balaban J connectivity index is 4.41. The summed E-state index contributed by atoms with van der Waals surface area (Å²) in [5.41, 5.74) is 1.04. The van der Waals surface area contributed by atoms with Crippen LogP contribution in [0.15, 0.2) is 0 Å². The van der Waals surface area contributed by atoms with E-state index in [1.165, 1.54) is 38.5 Å². The lowest BCUT2D eigenvalue weighted by Crippen LogP contribution is -2.28. The Hall–Kier alpha value is 0. The molecule has 0 aromatic rings. The molecule has 0 amide bonds. The highest BCUT2D eigenvalue weighted by Gasteiger charge is 2.31. The molecule has 0 aliphatic rings. The van der Waals surface area contributed by atoms with Gasteiger partial charge < -0.3 is 0 Å². The minimum atomic E-state index is 0.512. The molecule has 0 aromatic carbocycles. The van der Waals surface area contributed by atoms with Gasteiger partial charge in [0.1, 0.15) is 0 Å². The summed E-state index contributed by atoms with van der Waals surface area (Å²) >= 11 is 0. The van der Waals surface area contributed by atoms with Gasteiger partial charge in [0.2, 0.25) is 0 Å². The van der Waals surface area contributed by atoms with Crippen LogP contribution in [-0.2, 0) is 0 Å². The molecule has 0 heteroatoms. The average Bonchev–Trinajstić information content (AvgIpc) is 2.23. The molecule has 0 heterocycles. The normalized spacial score (nSPS) is 15.2. The van der Waals surface area contributed by atoms with Gasteiger partial charge in [0.25, 0.3) is 0 Å². The Morgan fingerprint density at radius 3 is 1.88 bits per heavy atom. The Bertz CT molecular complexity index is 176. The second kappa shape index (κ2) is 6.67. The summed E-state index contributed by atoms with van der Waals surface area (Å²) in [5, 5.41) is 0. The van der Waals surface area contributed by atoms with Crippen LogP contribution in [0.4, 0.5) is 0 Å². The average molecular weight is 226 g/mol. The van der Waals surface area contributed by atoms with Crippen molar-refractivity contribution in [2.45, 2.75) is 87.0 Å². The quantitative estimate of drug-likeness (QED) is 0.472. The van der Waals surface area contributed by atoms with E-state index in [9.17, 15) is 0 Å². The zero-order valence-electron chi connectivity index (χ0n) is 12.8. The van der Waals surface area contributed by atoms with Crippen LogP contribution < -0.4 is 0 Å². The first-order chi connectivity index (χ1) is 7.29. The van der Waals surface area contributed by atoms with Gasteiger partial charge in [-0.05, 0) is 29.6 Å². The molecule has 0 fully saturated rings. The van der Waals surface area contributed by atoms with E-state index >= 15 is 0 Å². The van der Waals surface area contributed by atoms with Crippen molar-refractivity contribution in [3.63, 3.8) is 0 Å². The highest BCUT2D eigenvalue weighted by molar-refractivity contribution is 4.82. The van der Waals surface area contributed by atoms with Gasteiger partial charge in [-0.15, -0.1) is 0 Å². The van der Waals surface area contributed by atoms with Crippen LogP contribution >= 0.6 is 0 Å². The topological polar surface area (TPSA) is 0 Å². The maximum absolute atomic E-state index is 2.46. The Labute approximate surface area is 104 Å². The van der Waals surface area contributed by atoms with Gasteiger partial charge >= 0.3 is 0 Å². The maximum atomic E-state index is 2.46. The molecule has 1 atom stereocenters. The van der Waals surface area contributed by atoms with Crippen molar-refractivity contribution in [3.8, 4) is 0 Å². The van der Waals surface area contributed by atoms with Crippen molar-refractivity contribution in [3.05, 3.63) is 0 Å². The van der Waals surface area contributed by atoms with Gasteiger partial charge in [-0.1, -0.05) is 74.1 Å². The second-order valence-electron chi connectivity index (χ2n) is 6.92. The molecule has 0 nitrogen and oxygen atoms in total. The lowest BCUT2D eigenvalue weighted by atomic mass is 9.67. The number of hydrogen-bond acceptors (Lipinski definition) is 0. The lowest BCUT2D eigenvalue weighted by molar-refractivity contribution is 0.122. The number of rotatable bonds is 8. The minimum absolute atomic E-state index is 0.512. The molecule has 16 heavy (non-hydrogen) atoms. The highest BCUT2D eigenvalue weighted by atomic mass is 14.4. The summed E-state index contributed by atoms with van der Waals surface area (Å²) in [7, 11) is 0. The van der Waals surface area contributed by atoms with Crippen LogP contribution in [0.5, 0.6) is 0 Å². The third-order valence-corrected chi connectivity index (χ3v) is 4.52. The van der Waals surface area contributed by atoms with E-state index in [2.05, 4.69) is 48.5 Å². The monoisotopic (exact) mass is 226 g/mol. The van der Waals surface area contributed by atoms with E-state index < -0.39 is 0 Å². The molecule has 0 saturated carbocycles. The van der Waals surface area contributed by atoms with Crippen LogP contribution in [0.1, 0.15) is 87.0 Å². The van der Waals surface area contributed by atoms with Gasteiger partial charge in [-0.2, -0.15) is 0 Å². The number of unbranched alkanes of at least 4 members (excludes halogenated alkanes) is 1. The summed E-state index contributed by atoms with van der Waals surface area (Å²) in [6.45, 7) is 16.8. The summed E-state index contributed by atoms with van der Waals surface area (Å²) in [6, 6.07) is 0. The van der Waals surface area contributed by atoms with Gasteiger partial charge in [0.05, 0.1) is 0 Å². The van der Waals surface area contributed by atoms with Crippen molar-refractivity contribution < 1.29 is 0 Å². The van der Waals surface area contributed by atoms with Gasteiger partial charge in [0, 0.05) is 0 Å². The number of hydrogen-bond donors (Lipinski definition) is 0. The molecule has 0 aliphatic carbocycles. The molecule has 98 valence electrons. The molecule has 0 saturated heterocycles. The summed E-state index contributed by atoms with van der Waals surface area (Å²) in [4.78, 5) is 0. The van der Waals surface area contributed by atoms with E-state index in [1.54, 1.807) is 0 Å². The molecular weight excluding hydrogens is 192 g/mol. The highest BCUT2D eigenvalue weighted by Crippen LogP contribution is 2.42. The third kappa shape index (κ3) is 5.37. The fourth-order valence-electron chi connectivity index (χ4n) is 2.69. The zero-order valence-corrected chi connectivity index (χ0v) is 12.8.